The zero-order valence-electron chi connectivity index (χ0n) is 8.49. The molecular weight excluding hydrogens is 192 g/mol. The molecule has 0 saturated heterocycles. The molecule has 0 aliphatic rings. The van der Waals surface area contributed by atoms with Gasteiger partial charge in [0.1, 0.15) is 5.41 Å². The van der Waals surface area contributed by atoms with Crippen LogP contribution in [-0.4, -0.2) is 16.5 Å². The standard InChI is InChI=1S/C11H14O2Si/c1-3-11(2,10(12)13-14)9-7-5-4-6-8-9/h3-8H,1H2,2,14H3. The Morgan fingerprint density at radius 3 is 2.50 bits per heavy atom. The van der Waals surface area contributed by atoms with Gasteiger partial charge in [-0.3, -0.25) is 4.79 Å². The molecule has 0 bridgehead atoms. The Labute approximate surface area is 87.1 Å². The van der Waals surface area contributed by atoms with E-state index in [2.05, 4.69) is 6.58 Å². The molecule has 1 aromatic rings. The molecule has 1 aromatic carbocycles. The van der Waals surface area contributed by atoms with E-state index < -0.39 is 5.41 Å². The molecule has 1 atom stereocenters. The van der Waals surface area contributed by atoms with Crippen LogP contribution >= 0.6 is 0 Å². The van der Waals surface area contributed by atoms with Crippen molar-refractivity contribution in [1.82, 2.24) is 0 Å². The van der Waals surface area contributed by atoms with Crippen molar-refractivity contribution >= 4 is 16.5 Å². The average molecular weight is 206 g/mol. The summed E-state index contributed by atoms with van der Waals surface area (Å²) in [5.41, 5.74) is 0.194. The van der Waals surface area contributed by atoms with Gasteiger partial charge in [0, 0.05) is 0 Å². The lowest BCUT2D eigenvalue weighted by atomic mass is 9.83. The summed E-state index contributed by atoms with van der Waals surface area (Å²) in [5.74, 6) is -0.231. The first-order valence-electron chi connectivity index (χ1n) is 4.42. The Morgan fingerprint density at radius 2 is 2.07 bits per heavy atom. The van der Waals surface area contributed by atoms with Gasteiger partial charge in [0.05, 0.1) is 0 Å². The van der Waals surface area contributed by atoms with E-state index in [1.54, 1.807) is 6.08 Å². The number of hydrogen-bond acceptors (Lipinski definition) is 2. The van der Waals surface area contributed by atoms with Crippen LogP contribution in [0.25, 0.3) is 0 Å². The maximum Gasteiger partial charge on any atom is 0.306 e. The lowest BCUT2D eigenvalue weighted by Crippen LogP contribution is -2.31. The van der Waals surface area contributed by atoms with Gasteiger partial charge in [-0.2, -0.15) is 0 Å². The molecule has 1 unspecified atom stereocenters. The highest BCUT2D eigenvalue weighted by molar-refractivity contribution is 6.07. The van der Waals surface area contributed by atoms with Crippen molar-refractivity contribution < 1.29 is 9.22 Å². The minimum atomic E-state index is -0.719. The SMILES string of the molecule is C=CC(C)(C(=O)O[SiH3])c1ccccc1. The molecule has 0 aliphatic heterocycles. The van der Waals surface area contributed by atoms with Crippen molar-refractivity contribution in [3.63, 3.8) is 0 Å². The van der Waals surface area contributed by atoms with Crippen molar-refractivity contribution in [2.45, 2.75) is 12.3 Å². The third-order valence-electron chi connectivity index (χ3n) is 2.39. The van der Waals surface area contributed by atoms with Gasteiger partial charge in [0.25, 0.3) is 0 Å². The van der Waals surface area contributed by atoms with E-state index >= 15 is 0 Å². The van der Waals surface area contributed by atoms with E-state index in [9.17, 15) is 4.79 Å². The Morgan fingerprint density at radius 1 is 1.50 bits per heavy atom. The van der Waals surface area contributed by atoms with Gasteiger partial charge < -0.3 is 4.43 Å². The second-order valence-electron chi connectivity index (χ2n) is 3.26. The quantitative estimate of drug-likeness (QED) is 0.544. The van der Waals surface area contributed by atoms with E-state index in [-0.39, 0.29) is 5.97 Å². The van der Waals surface area contributed by atoms with Gasteiger partial charge in [-0.05, 0) is 12.5 Å². The third-order valence-corrected chi connectivity index (χ3v) is 2.76. The Bertz CT molecular complexity index is 334. The van der Waals surface area contributed by atoms with Crippen molar-refractivity contribution in [2.24, 2.45) is 0 Å². The fraction of sp³-hybridized carbons (Fsp3) is 0.182. The van der Waals surface area contributed by atoms with Crippen LogP contribution in [0.2, 0.25) is 0 Å². The predicted molar refractivity (Wildman–Crippen MR) is 60.0 cm³/mol. The number of benzene rings is 1. The lowest BCUT2D eigenvalue weighted by Gasteiger charge is -2.23. The number of carbonyl (C=O) groups excluding carboxylic acids is 1. The highest BCUT2D eigenvalue weighted by Crippen LogP contribution is 2.25. The van der Waals surface area contributed by atoms with E-state index in [0.717, 1.165) is 5.56 Å². The van der Waals surface area contributed by atoms with Crippen LogP contribution in [0.4, 0.5) is 0 Å². The maximum atomic E-state index is 11.6. The lowest BCUT2D eigenvalue weighted by molar-refractivity contribution is -0.138. The van der Waals surface area contributed by atoms with Crippen molar-refractivity contribution in [3.05, 3.63) is 48.6 Å². The number of rotatable bonds is 3. The molecule has 0 N–H and O–H groups in total. The van der Waals surface area contributed by atoms with Gasteiger partial charge in [0.15, 0.2) is 0 Å². The summed E-state index contributed by atoms with van der Waals surface area (Å²) in [7, 11) is 0.412. The van der Waals surface area contributed by atoms with Crippen LogP contribution in [0.5, 0.6) is 0 Å². The summed E-state index contributed by atoms with van der Waals surface area (Å²) in [6.45, 7) is 5.51. The van der Waals surface area contributed by atoms with Crippen molar-refractivity contribution in [2.75, 3.05) is 0 Å². The van der Waals surface area contributed by atoms with Gasteiger partial charge in [-0.25, -0.2) is 0 Å². The molecule has 2 nitrogen and oxygen atoms in total. The van der Waals surface area contributed by atoms with Crippen LogP contribution in [0, 0.1) is 0 Å². The molecule has 0 radical (unpaired) electrons. The smallest absolute Gasteiger partial charge is 0.306 e. The normalized spacial score (nSPS) is 14.4. The Kier molecular flexibility index (Phi) is 3.25. The van der Waals surface area contributed by atoms with Crippen molar-refractivity contribution in [3.8, 4) is 0 Å². The molecule has 14 heavy (non-hydrogen) atoms. The summed E-state index contributed by atoms with van der Waals surface area (Å²) in [5, 5.41) is 0. The molecule has 0 amide bonds. The molecule has 0 aromatic heterocycles. The van der Waals surface area contributed by atoms with Crippen LogP contribution in [0.15, 0.2) is 43.0 Å². The van der Waals surface area contributed by atoms with Crippen LogP contribution < -0.4 is 0 Å². The molecule has 0 spiro atoms. The number of hydrogen-bond donors (Lipinski definition) is 0. The van der Waals surface area contributed by atoms with E-state index in [0.29, 0.717) is 10.5 Å². The fourth-order valence-corrected chi connectivity index (χ4v) is 1.74. The third kappa shape index (κ3) is 1.77. The number of carbonyl (C=O) groups is 1. The van der Waals surface area contributed by atoms with Crippen LogP contribution in [0.1, 0.15) is 12.5 Å². The maximum absolute atomic E-state index is 11.6. The van der Waals surface area contributed by atoms with Gasteiger partial charge in [0.2, 0.25) is 10.5 Å². The van der Waals surface area contributed by atoms with E-state index in [1.165, 1.54) is 0 Å². The Hall–Kier alpha value is -1.35. The molecule has 74 valence electrons. The summed E-state index contributed by atoms with van der Waals surface area (Å²) in [6.07, 6.45) is 1.63. The first-order chi connectivity index (χ1) is 6.65. The fourth-order valence-electron chi connectivity index (χ4n) is 1.32. The highest BCUT2D eigenvalue weighted by atomic mass is 28.2. The second kappa shape index (κ2) is 4.24. The van der Waals surface area contributed by atoms with E-state index in [4.69, 9.17) is 4.43 Å². The summed E-state index contributed by atoms with van der Waals surface area (Å²) >= 11 is 0. The van der Waals surface area contributed by atoms with Gasteiger partial charge >= 0.3 is 5.97 Å². The molecular formula is C11H14O2Si. The van der Waals surface area contributed by atoms with Crippen LogP contribution in [0.3, 0.4) is 0 Å². The molecule has 0 saturated carbocycles. The minimum absolute atomic E-state index is 0.231. The highest BCUT2D eigenvalue weighted by Gasteiger charge is 2.32. The molecule has 3 heteroatoms. The van der Waals surface area contributed by atoms with Crippen molar-refractivity contribution in [1.29, 1.82) is 0 Å². The van der Waals surface area contributed by atoms with Gasteiger partial charge in [-0.15, -0.1) is 6.58 Å². The summed E-state index contributed by atoms with van der Waals surface area (Å²) in [4.78, 5) is 11.6. The molecule has 1 rings (SSSR count). The second-order valence-corrected chi connectivity index (χ2v) is 3.67. The van der Waals surface area contributed by atoms with E-state index in [1.807, 2.05) is 37.3 Å². The molecule has 0 fully saturated rings. The summed E-state index contributed by atoms with van der Waals surface area (Å²) < 4.78 is 4.89. The van der Waals surface area contributed by atoms with Crippen LogP contribution in [-0.2, 0) is 14.6 Å². The molecule has 0 heterocycles. The average Bonchev–Trinajstić information content (AvgIpc) is 2.28. The first kappa shape index (κ1) is 10.7. The topological polar surface area (TPSA) is 26.3 Å². The zero-order chi connectivity index (χ0) is 10.6. The van der Waals surface area contributed by atoms with Gasteiger partial charge in [-0.1, -0.05) is 36.4 Å². The monoisotopic (exact) mass is 206 g/mol. The summed E-state index contributed by atoms with van der Waals surface area (Å²) in [6, 6.07) is 9.52. The first-order valence-corrected chi connectivity index (χ1v) is 5.24. The predicted octanol–water partition coefficient (Wildman–Crippen LogP) is 0.954. The zero-order valence-corrected chi connectivity index (χ0v) is 10.5. The molecule has 0 aliphatic carbocycles. The largest absolute Gasteiger partial charge is 0.528 e. The Balaban J connectivity index is 3.14. The minimum Gasteiger partial charge on any atom is -0.528 e.